The minimum Gasteiger partial charge on any atom is -0.362 e. The van der Waals surface area contributed by atoms with E-state index in [-0.39, 0.29) is 17.2 Å². The summed E-state index contributed by atoms with van der Waals surface area (Å²) in [6.07, 6.45) is 0. The van der Waals surface area contributed by atoms with Crippen LogP contribution >= 0.6 is 22.9 Å². The Morgan fingerprint density at radius 1 is 1.12 bits per heavy atom. The molecule has 34 heavy (non-hydrogen) atoms. The second-order valence-corrected chi connectivity index (χ2v) is 9.48. The van der Waals surface area contributed by atoms with E-state index in [9.17, 15) is 19.7 Å². The highest BCUT2D eigenvalue weighted by molar-refractivity contribution is 7.16. The third kappa shape index (κ3) is 5.02. The molecule has 0 atom stereocenters. The number of hydrogen-bond donors (Lipinski definition) is 1. The van der Waals surface area contributed by atoms with Gasteiger partial charge in [-0.1, -0.05) is 23.7 Å². The Bertz CT molecular complexity index is 1250. The van der Waals surface area contributed by atoms with Gasteiger partial charge in [0, 0.05) is 60.2 Å². The lowest BCUT2D eigenvalue weighted by Crippen LogP contribution is -2.48. The molecule has 0 bridgehead atoms. The Morgan fingerprint density at radius 3 is 2.41 bits per heavy atom. The Hall–Kier alpha value is -3.50. The van der Waals surface area contributed by atoms with E-state index in [2.05, 4.69) is 10.3 Å². The van der Waals surface area contributed by atoms with Gasteiger partial charge in [-0.25, -0.2) is 4.98 Å². The highest BCUT2D eigenvalue weighted by Gasteiger charge is 2.26. The molecule has 1 aliphatic rings. The molecule has 1 N–H and O–H groups in total. The van der Waals surface area contributed by atoms with Crippen molar-refractivity contribution in [1.29, 1.82) is 0 Å². The number of nitro groups is 1. The third-order valence-corrected chi connectivity index (χ3v) is 6.77. The Kier molecular flexibility index (Phi) is 6.80. The molecule has 1 aliphatic heterocycles. The van der Waals surface area contributed by atoms with Crippen molar-refractivity contribution in [3.63, 3.8) is 0 Å². The molecule has 4 rings (SSSR count). The number of rotatable bonds is 5. The van der Waals surface area contributed by atoms with Gasteiger partial charge in [0.25, 0.3) is 11.6 Å². The number of nitrogens with zero attached hydrogens (tertiary/aromatic N) is 4. The van der Waals surface area contributed by atoms with E-state index in [1.165, 1.54) is 24.3 Å². The lowest BCUT2D eigenvalue weighted by molar-refractivity contribution is -0.384. The molecule has 0 unspecified atom stereocenters. The lowest BCUT2D eigenvalue weighted by atomic mass is 10.1. The molecular formula is C23H22ClN5O4S. The molecule has 2 aromatic carbocycles. The zero-order valence-electron chi connectivity index (χ0n) is 18.6. The first kappa shape index (κ1) is 23.7. The molecule has 0 aliphatic carbocycles. The molecule has 1 aromatic heterocycles. The fourth-order valence-corrected chi connectivity index (χ4v) is 4.79. The molecule has 9 nitrogen and oxygen atoms in total. The zero-order valence-corrected chi connectivity index (χ0v) is 20.2. The summed E-state index contributed by atoms with van der Waals surface area (Å²) >= 11 is 7.28. The first-order chi connectivity index (χ1) is 16.2. The largest absolute Gasteiger partial charge is 0.362 e. The normalized spacial score (nSPS) is 13.6. The number of amides is 2. The molecule has 176 valence electrons. The second kappa shape index (κ2) is 9.78. The summed E-state index contributed by atoms with van der Waals surface area (Å²) in [6, 6.07) is 11.7. The molecule has 1 fully saturated rings. The van der Waals surface area contributed by atoms with E-state index in [0.29, 0.717) is 42.0 Å². The molecule has 0 spiro atoms. The summed E-state index contributed by atoms with van der Waals surface area (Å²) in [4.78, 5) is 44.7. The predicted octanol–water partition coefficient (Wildman–Crippen LogP) is 4.60. The van der Waals surface area contributed by atoms with Gasteiger partial charge in [-0.2, -0.15) is 0 Å². The maximum Gasteiger partial charge on any atom is 0.293 e. The van der Waals surface area contributed by atoms with Crippen LogP contribution in [0.15, 0.2) is 42.5 Å². The number of carbonyl (C=O) groups is 2. The van der Waals surface area contributed by atoms with Crippen LogP contribution in [-0.2, 0) is 4.79 Å². The smallest absolute Gasteiger partial charge is 0.293 e. The highest BCUT2D eigenvalue weighted by Crippen LogP contribution is 2.33. The lowest BCUT2D eigenvalue weighted by Gasteiger charge is -2.35. The van der Waals surface area contributed by atoms with Crippen molar-refractivity contribution < 1.29 is 14.5 Å². The fraction of sp³-hybridized carbons (Fsp3) is 0.261. The Morgan fingerprint density at radius 2 is 1.79 bits per heavy atom. The number of nitrogens with one attached hydrogen (secondary N) is 1. The van der Waals surface area contributed by atoms with Gasteiger partial charge in [-0.05, 0) is 31.2 Å². The number of carbonyl (C=O) groups excluding carboxylic acids is 2. The summed E-state index contributed by atoms with van der Waals surface area (Å²) < 4.78 is 0. The van der Waals surface area contributed by atoms with Gasteiger partial charge in [0.1, 0.15) is 5.69 Å². The average Bonchev–Trinajstić information content (AvgIpc) is 3.18. The average molecular weight is 500 g/mol. The van der Waals surface area contributed by atoms with Gasteiger partial charge in [0.05, 0.1) is 10.6 Å². The Labute approximate surface area is 205 Å². The molecule has 0 saturated carbocycles. The maximum atomic E-state index is 12.9. The summed E-state index contributed by atoms with van der Waals surface area (Å²) in [5.41, 5.74) is 2.06. The van der Waals surface area contributed by atoms with E-state index in [0.717, 1.165) is 16.1 Å². The summed E-state index contributed by atoms with van der Waals surface area (Å²) in [5.74, 6) is -0.495. The number of halogens is 1. The topological polar surface area (TPSA) is 109 Å². The van der Waals surface area contributed by atoms with Gasteiger partial charge in [0.2, 0.25) is 5.91 Å². The SMILES string of the molecule is CC(=O)N1CCN(c2ccc(C(=O)Nc3nc(-c4ccc(Cl)cc4)c(C)s3)cc2[N+](=O)[O-])CC1. The van der Waals surface area contributed by atoms with Gasteiger partial charge < -0.3 is 9.80 Å². The molecule has 2 heterocycles. The van der Waals surface area contributed by atoms with Crippen LogP contribution < -0.4 is 10.2 Å². The number of anilines is 2. The first-order valence-electron chi connectivity index (χ1n) is 10.6. The van der Waals surface area contributed by atoms with Crippen LogP contribution in [0.2, 0.25) is 5.02 Å². The van der Waals surface area contributed by atoms with Crippen LogP contribution in [0.5, 0.6) is 0 Å². The van der Waals surface area contributed by atoms with Crippen molar-refractivity contribution in [3.8, 4) is 11.3 Å². The fourth-order valence-electron chi connectivity index (χ4n) is 3.84. The second-order valence-electron chi connectivity index (χ2n) is 7.84. The Balaban J connectivity index is 1.52. The van der Waals surface area contributed by atoms with Crippen LogP contribution in [0, 0.1) is 17.0 Å². The first-order valence-corrected chi connectivity index (χ1v) is 11.8. The van der Waals surface area contributed by atoms with E-state index in [1.807, 2.05) is 24.0 Å². The van der Waals surface area contributed by atoms with Gasteiger partial charge in [-0.3, -0.25) is 25.0 Å². The van der Waals surface area contributed by atoms with Crippen LogP contribution in [0.1, 0.15) is 22.2 Å². The predicted molar refractivity (Wildman–Crippen MR) is 133 cm³/mol. The van der Waals surface area contributed by atoms with Gasteiger partial charge >= 0.3 is 0 Å². The van der Waals surface area contributed by atoms with Crippen molar-refractivity contribution in [1.82, 2.24) is 9.88 Å². The monoisotopic (exact) mass is 499 g/mol. The number of hydrogen-bond acceptors (Lipinski definition) is 7. The molecule has 0 radical (unpaired) electrons. The quantitative estimate of drug-likeness (QED) is 0.406. The van der Waals surface area contributed by atoms with Gasteiger partial charge in [0.15, 0.2) is 5.13 Å². The third-order valence-electron chi connectivity index (χ3n) is 5.63. The number of piperazine rings is 1. The highest BCUT2D eigenvalue weighted by atomic mass is 35.5. The van der Waals surface area contributed by atoms with Crippen molar-refractivity contribution in [2.24, 2.45) is 0 Å². The zero-order chi connectivity index (χ0) is 24.4. The minimum absolute atomic E-state index is 0.0159. The number of benzene rings is 2. The van der Waals surface area contributed by atoms with Crippen molar-refractivity contribution in [3.05, 3.63) is 68.0 Å². The summed E-state index contributed by atoms with van der Waals surface area (Å²) in [6.45, 7) is 5.37. The molecular weight excluding hydrogens is 478 g/mol. The van der Waals surface area contributed by atoms with E-state index >= 15 is 0 Å². The van der Waals surface area contributed by atoms with E-state index in [1.54, 1.807) is 29.2 Å². The standard InChI is InChI=1S/C23H22ClN5O4S/c1-14-21(16-3-6-18(24)7-4-16)25-23(34-14)26-22(31)17-5-8-19(20(13-17)29(32)33)28-11-9-27(10-12-28)15(2)30/h3-8,13H,9-12H2,1-2H3,(H,25,26,31). The summed E-state index contributed by atoms with van der Waals surface area (Å²) in [7, 11) is 0. The molecule has 1 saturated heterocycles. The molecule has 2 amide bonds. The van der Waals surface area contributed by atoms with Crippen molar-refractivity contribution >= 4 is 51.3 Å². The van der Waals surface area contributed by atoms with Crippen molar-refractivity contribution in [2.45, 2.75) is 13.8 Å². The number of aromatic nitrogens is 1. The number of aryl methyl sites for hydroxylation is 1. The van der Waals surface area contributed by atoms with Crippen LogP contribution in [-0.4, -0.2) is 52.8 Å². The molecule has 3 aromatic rings. The molecule has 11 heteroatoms. The van der Waals surface area contributed by atoms with E-state index < -0.39 is 10.8 Å². The number of thiazole rings is 1. The van der Waals surface area contributed by atoms with Crippen LogP contribution in [0.4, 0.5) is 16.5 Å². The van der Waals surface area contributed by atoms with Crippen LogP contribution in [0.25, 0.3) is 11.3 Å². The van der Waals surface area contributed by atoms with Gasteiger partial charge in [-0.15, -0.1) is 11.3 Å². The van der Waals surface area contributed by atoms with Crippen LogP contribution in [0.3, 0.4) is 0 Å². The number of nitro benzene ring substituents is 1. The minimum atomic E-state index is -0.490. The van der Waals surface area contributed by atoms with E-state index in [4.69, 9.17) is 11.6 Å². The summed E-state index contributed by atoms with van der Waals surface area (Å²) in [5, 5.41) is 15.5. The van der Waals surface area contributed by atoms with Crippen molar-refractivity contribution in [2.75, 3.05) is 36.4 Å². The maximum absolute atomic E-state index is 12.9.